The first kappa shape index (κ1) is 11.3. The van der Waals surface area contributed by atoms with Crippen LogP contribution in [-0.4, -0.2) is 15.5 Å². The van der Waals surface area contributed by atoms with Crippen molar-refractivity contribution < 1.29 is 9.21 Å². The van der Waals surface area contributed by atoms with E-state index in [9.17, 15) is 4.79 Å². The summed E-state index contributed by atoms with van der Waals surface area (Å²) in [6.07, 6.45) is 6.05. The monoisotopic (exact) mass is 267 g/mol. The number of imidazole rings is 1. The van der Waals surface area contributed by atoms with Crippen LogP contribution in [0.25, 0.3) is 16.7 Å². The van der Waals surface area contributed by atoms with E-state index in [0.717, 1.165) is 11.1 Å². The van der Waals surface area contributed by atoms with Gasteiger partial charge in [0, 0.05) is 17.5 Å². The molecule has 0 bridgehead atoms. The van der Waals surface area contributed by atoms with Gasteiger partial charge >= 0.3 is 0 Å². The third kappa shape index (κ3) is 1.63. The molecule has 1 aliphatic carbocycles. The van der Waals surface area contributed by atoms with Crippen LogP contribution in [-0.2, 0) is 0 Å². The first-order valence-electron chi connectivity index (χ1n) is 6.59. The molecule has 3 aromatic rings. The molecule has 0 saturated heterocycles. The van der Waals surface area contributed by atoms with E-state index in [1.54, 1.807) is 6.33 Å². The summed E-state index contributed by atoms with van der Waals surface area (Å²) in [7, 11) is 0. The lowest BCUT2D eigenvalue weighted by Gasteiger charge is -2.00. The van der Waals surface area contributed by atoms with Crippen LogP contribution in [0.3, 0.4) is 0 Å². The fourth-order valence-electron chi connectivity index (χ4n) is 2.51. The molecule has 1 aromatic carbocycles. The van der Waals surface area contributed by atoms with Gasteiger partial charge in [-0.25, -0.2) is 4.98 Å². The predicted molar refractivity (Wildman–Crippen MR) is 73.8 cm³/mol. The van der Waals surface area contributed by atoms with Gasteiger partial charge in [-0.15, -0.1) is 0 Å². The van der Waals surface area contributed by atoms with Gasteiger partial charge in [0.15, 0.2) is 0 Å². The van der Waals surface area contributed by atoms with E-state index >= 15 is 0 Å². The Labute approximate surface area is 115 Å². The lowest BCUT2D eigenvalue weighted by atomic mass is 10.2. The quantitative estimate of drug-likeness (QED) is 0.792. The van der Waals surface area contributed by atoms with Crippen LogP contribution in [0.5, 0.6) is 0 Å². The molecule has 1 amide bonds. The van der Waals surface area contributed by atoms with Crippen LogP contribution < -0.4 is 5.73 Å². The van der Waals surface area contributed by atoms with Crippen molar-refractivity contribution in [2.24, 2.45) is 5.73 Å². The molecule has 2 N–H and O–H groups in total. The summed E-state index contributed by atoms with van der Waals surface area (Å²) in [5.74, 6) is 0.162. The summed E-state index contributed by atoms with van der Waals surface area (Å²) in [5.41, 5.74) is 7.81. The number of aromatic nitrogens is 2. The maximum atomic E-state index is 11.6. The summed E-state index contributed by atoms with van der Waals surface area (Å²) < 4.78 is 7.41. The number of rotatable bonds is 3. The molecule has 1 saturated carbocycles. The molecular weight excluding hydrogens is 254 g/mol. The zero-order chi connectivity index (χ0) is 13.7. The standard InChI is InChI=1S/C15H13N3O2/c16-15(19)14-13(10-3-1-2-4-12(10)20-14)18-7-11(17-8-18)9-5-6-9/h1-4,7-9H,5-6H2,(H2,16,19). The first-order chi connectivity index (χ1) is 9.74. The molecule has 0 spiro atoms. The molecule has 1 fully saturated rings. The summed E-state index contributed by atoms with van der Waals surface area (Å²) >= 11 is 0. The van der Waals surface area contributed by atoms with Crippen molar-refractivity contribution in [1.29, 1.82) is 0 Å². The van der Waals surface area contributed by atoms with Gasteiger partial charge in [0.1, 0.15) is 11.3 Å². The van der Waals surface area contributed by atoms with Crippen molar-refractivity contribution in [2.45, 2.75) is 18.8 Å². The van der Waals surface area contributed by atoms with Crippen molar-refractivity contribution in [3.05, 3.63) is 48.2 Å². The lowest BCUT2D eigenvalue weighted by molar-refractivity contribution is 0.0976. The fraction of sp³-hybridized carbons (Fsp3) is 0.200. The molecule has 1 aliphatic rings. The second-order valence-corrected chi connectivity index (χ2v) is 5.12. The topological polar surface area (TPSA) is 74.1 Å². The molecule has 0 unspecified atom stereocenters. The van der Waals surface area contributed by atoms with Crippen LogP contribution in [0.4, 0.5) is 0 Å². The Balaban J connectivity index is 1.95. The number of nitrogens with two attached hydrogens (primary N) is 1. The minimum atomic E-state index is -0.571. The zero-order valence-electron chi connectivity index (χ0n) is 10.7. The highest BCUT2D eigenvalue weighted by atomic mass is 16.3. The molecule has 5 nitrogen and oxygen atoms in total. The second-order valence-electron chi connectivity index (χ2n) is 5.12. The number of primary amides is 1. The molecule has 0 aliphatic heterocycles. The molecule has 2 aromatic heterocycles. The average Bonchev–Trinajstić information content (AvgIpc) is 3.05. The van der Waals surface area contributed by atoms with Crippen LogP contribution in [0.2, 0.25) is 0 Å². The summed E-state index contributed by atoms with van der Waals surface area (Å²) in [4.78, 5) is 16.0. The zero-order valence-corrected chi connectivity index (χ0v) is 10.7. The van der Waals surface area contributed by atoms with Gasteiger partial charge in [-0.05, 0) is 25.0 Å². The minimum Gasteiger partial charge on any atom is -0.449 e. The van der Waals surface area contributed by atoms with E-state index in [1.807, 2.05) is 35.0 Å². The first-order valence-corrected chi connectivity index (χ1v) is 6.59. The number of carbonyl (C=O) groups is 1. The van der Waals surface area contributed by atoms with Crippen molar-refractivity contribution in [2.75, 3.05) is 0 Å². The smallest absolute Gasteiger partial charge is 0.286 e. The minimum absolute atomic E-state index is 0.172. The van der Waals surface area contributed by atoms with Crippen LogP contribution >= 0.6 is 0 Å². The Morgan fingerprint density at radius 1 is 1.35 bits per heavy atom. The molecular formula is C15H13N3O2. The molecule has 5 heteroatoms. The van der Waals surface area contributed by atoms with E-state index in [2.05, 4.69) is 4.98 Å². The largest absolute Gasteiger partial charge is 0.449 e. The number of nitrogens with zero attached hydrogens (tertiary/aromatic N) is 2. The maximum Gasteiger partial charge on any atom is 0.286 e. The maximum absolute atomic E-state index is 11.6. The number of fused-ring (bicyclic) bond motifs is 1. The molecule has 0 atom stereocenters. The van der Waals surface area contributed by atoms with Crippen molar-refractivity contribution in [3.8, 4) is 5.69 Å². The highest BCUT2D eigenvalue weighted by molar-refractivity contribution is 6.02. The fourth-order valence-corrected chi connectivity index (χ4v) is 2.51. The molecule has 4 rings (SSSR count). The second kappa shape index (κ2) is 3.96. The van der Waals surface area contributed by atoms with Crippen molar-refractivity contribution in [3.63, 3.8) is 0 Å². The van der Waals surface area contributed by atoms with Gasteiger partial charge in [0.25, 0.3) is 5.91 Å². The van der Waals surface area contributed by atoms with Gasteiger partial charge < -0.3 is 14.7 Å². The summed E-state index contributed by atoms with van der Waals surface area (Å²) in [6, 6.07) is 7.51. The highest BCUT2D eigenvalue weighted by Gasteiger charge is 2.27. The highest BCUT2D eigenvalue weighted by Crippen LogP contribution is 2.39. The Bertz CT molecular complexity index is 812. The summed E-state index contributed by atoms with van der Waals surface area (Å²) in [6.45, 7) is 0. The van der Waals surface area contributed by atoms with Crippen LogP contribution in [0, 0.1) is 0 Å². The van der Waals surface area contributed by atoms with Gasteiger partial charge in [-0.3, -0.25) is 4.79 Å². The van der Waals surface area contributed by atoms with Gasteiger partial charge in [0.05, 0.1) is 12.0 Å². The molecule has 100 valence electrons. The number of furan rings is 1. The predicted octanol–water partition coefficient (Wildman–Crippen LogP) is 2.59. The third-order valence-corrected chi connectivity index (χ3v) is 3.65. The van der Waals surface area contributed by atoms with Gasteiger partial charge in [-0.2, -0.15) is 0 Å². The number of amides is 1. The van der Waals surface area contributed by atoms with E-state index in [1.165, 1.54) is 12.8 Å². The Kier molecular flexibility index (Phi) is 2.24. The number of hydrogen-bond acceptors (Lipinski definition) is 3. The summed E-state index contributed by atoms with van der Waals surface area (Å²) in [5, 5.41) is 0.862. The van der Waals surface area contributed by atoms with Crippen molar-refractivity contribution in [1.82, 2.24) is 9.55 Å². The lowest BCUT2D eigenvalue weighted by Crippen LogP contribution is -2.12. The van der Waals surface area contributed by atoms with Gasteiger partial charge in [-0.1, -0.05) is 12.1 Å². The molecule has 0 radical (unpaired) electrons. The van der Waals surface area contributed by atoms with E-state index in [4.69, 9.17) is 10.2 Å². The van der Waals surface area contributed by atoms with Crippen molar-refractivity contribution >= 4 is 16.9 Å². The SMILES string of the molecule is NC(=O)c1oc2ccccc2c1-n1cnc(C2CC2)c1. The Morgan fingerprint density at radius 2 is 2.15 bits per heavy atom. The number of carbonyl (C=O) groups excluding carboxylic acids is 1. The third-order valence-electron chi connectivity index (χ3n) is 3.65. The van der Waals surface area contributed by atoms with E-state index in [0.29, 0.717) is 17.2 Å². The number of para-hydroxylation sites is 1. The van der Waals surface area contributed by atoms with Gasteiger partial charge in [0.2, 0.25) is 5.76 Å². The number of hydrogen-bond donors (Lipinski definition) is 1. The average molecular weight is 267 g/mol. The Hall–Kier alpha value is -2.56. The number of benzene rings is 1. The molecule has 2 heterocycles. The van der Waals surface area contributed by atoms with Crippen LogP contribution in [0.1, 0.15) is 35.0 Å². The Morgan fingerprint density at radius 3 is 2.90 bits per heavy atom. The molecule has 20 heavy (non-hydrogen) atoms. The van der Waals surface area contributed by atoms with E-state index < -0.39 is 5.91 Å². The van der Waals surface area contributed by atoms with Crippen LogP contribution in [0.15, 0.2) is 41.2 Å². The van der Waals surface area contributed by atoms with E-state index in [-0.39, 0.29) is 5.76 Å². The normalized spacial score (nSPS) is 14.8.